The Morgan fingerprint density at radius 1 is 1.13 bits per heavy atom. The van der Waals surface area contributed by atoms with E-state index in [0.29, 0.717) is 19.8 Å². The van der Waals surface area contributed by atoms with Gasteiger partial charge in [0.05, 0.1) is 19.8 Å². The lowest BCUT2D eigenvalue weighted by molar-refractivity contribution is -0.137. The lowest BCUT2D eigenvalue weighted by Gasteiger charge is -2.24. The van der Waals surface area contributed by atoms with Gasteiger partial charge in [0.1, 0.15) is 5.75 Å². The van der Waals surface area contributed by atoms with Crippen molar-refractivity contribution in [3.63, 3.8) is 0 Å². The normalized spacial score (nSPS) is 13.0. The van der Waals surface area contributed by atoms with Crippen molar-refractivity contribution in [2.24, 2.45) is 0 Å². The van der Waals surface area contributed by atoms with Gasteiger partial charge in [0.15, 0.2) is 6.79 Å². The van der Waals surface area contributed by atoms with Crippen molar-refractivity contribution >= 4 is 11.5 Å². The summed E-state index contributed by atoms with van der Waals surface area (Å²) >= 11 is 0. The molecule has 1 aromatic carbocycles. The van der Waals surface area contributed by atoms with E-state index in [1.165, 1.54) is 6.08 Å². The molecule has 0 heterocycles. The zero-order valence-corrected chi connectivity index (χ0v) is 19.4. The topological polar surface area (TPSA) is 54.0 Å². The Labute approximate surface area is 181 Å². The highest BCUT2D eigenvalue weighted by atomic mass is 16.7. The molecule has 0 amide bonds. The largest absolute Gasteiger partial charge is 0.467 e. The second-order valence-electron chi connectivity index (χ2n) is 7.97. The SMILES string of the molecule is CCOC(=O)C=C(C)C=CC=C(C)c1ccc(OCOCCOC)c(C(C)(C)C)c1. The first-order valence-corrected chi connectivity index (χ1v) is 10.2. The Bertz CT molecular complexity index is 766. The predicted octanol–water partition coefficient (Wildman–Crippen LogP) is 5.45. The van der Waals surface area contributed by atoms with Crippen LogP contribution < -0.4 is 4.74 Å². The number of carbonyl (C=O) groups is 1. The van der Waals surface area contributed by atoms with E-state index in [-0.39, 0.29) is 18.2 Å². The molecule has 166 valence electrons. The highest BCUT2D eigenvalue weighted by Gasteiger charge is 2.20. The van der Waals surface area contributed by atoms with Gasteiger partial charge in [-0.15, -0.1) is 0 Å². The number of esters is 1. The van der Waals surface area contributed by atoms with Gasteiger partial charge >= 0.3 is 5.97 Å². The van der Waals surface area contributed by atoms with Crippen LogP contribution in [0.15, 0.2) is 48.1 Å². The minimum Gasteiger partial charge on any atom is -0.467 e. The third-order valence-electron chi connectivity index (χ3n) is 4.31. The first-order valence-electron chi connectivity index (χ1n) is 10.2. The molecule has 0 radical (unpaired) electrons. The molecule has 0 aliphatic rings. The summed E-state index contributed by atoms with van der Waals surface area (Å²) < 4.78 is 21.2. The van der Waals surface area contributed by atoms with Crippen LogP contribution >= 0.6 is 0 Å². The molecule has 0 saturated carbocycles. The molecule has 0 fully saturated rings. The third kappa shape index (κ3) is 9.42. The summed E-state index contributed by atoms with van der Waals surface area (Å²) in [7, 11) is 1.64. The monoisotopic (exact) mass is 416 g/mol. The number of carbonyl (C=O) groups excluding carboxylic acids is 1. The molecule has 0 atom stereocenters. The Hall–Kier alpha value is -2.37. The molecular weight excluding hydrogens is 380 g/mol. The van der Waals surface area contributed by atoms with Gasteiger partial charge in [-0.2, -0.15) is 0 Å². The van der Waals surface area contributed by atoms with Gasteiger partial charge in [-0.1, -0.05) is 45.1 Å². The van der Waals surface area contributed by atoms with Crippen LogP contribution in [-0.4, -0.2) is 39.7 Å². The first-order chi connectivity index (χ1) is 14.2. The molecule has 5 nitrogen and oxygen atoms in total. The standard InChI is InChI=1S/C25H36O5/c1-8-29-24(26)16-19(2)10-9-11-20(3)21-12-13-23(22(17-21)25(4,5)6)30-18-28-15-14-27-7/h9-13,16-17H,8,14-15,18H2,1-7H3. The smallest absolute Gasteiger partial charge is 0.330 e. The Balaban J connectivity index is 2.93. The van der Waals surface area contributed by atoms with E-state index >= 15 is 0 Å². The number of benzene rings is 1. The molecule has 30 heavy (non-hydrogen) atoms. The predicted molar refractivity (Wildman–Crippen MR) is 122 cm³/mol. The van der Waals surface area contributed by atoms with Gasteiger partial charge in [-0.25, -0.2) is 4.79 Å². The summed E-state index contributed by atoms with van der Waals surface area (Å²) in [5, 5.41) is 0. The molecular formula is C25H36O5. The van der Waals surface area contributed by atoms with Gasteiger partial charge in [-0.3, -0.25) is 0 Å². The quantitative estimate of drug-likeness (QED) is 0.158. The van der Waals surface area contributed by atoms with Crippen molar-refractivity contribution < 1.29 is 23.7 Å². The van der Waals surface area contributed by atoms with E-state index in [2.05, 4.69) is 33.8 Å². The van der Waals surface area contributed by atoms with E-state index in [0.717, 1.165) is 28.0 Å². The maximum atomic E-state index is 11.5. The lowest BCUT2D eigenvalue weighted by atomic mass is 9.84. The number of hydrogen-bond acceptors (Lipinski definition) is 5. The fourth-order valence-electron chi connectivity index (χ4n) is 2.65. The molecule has 0 bridgehead atoms. The Morgan fingerprint density at radius 2 is 1.87 bits per heavy atom. The summed E-state index contributed by atoms with van der Waals surface area (Å²) in [6, 6.07) is 6.19. The van der Waals surface area contributed by atoms with Gasteiger partial charge < -0.3 is 18.9 Å². The summed E-state index contributed by atoms with van der Waals surface area (Å²) in [5.74, 6) is 0.497. The highest BCUT2D eigenvalue weighted by Crippen LogP contribution is 2.34. The van der Waals surface area contributed by atoms with Crippen LogP contribution in [0, 0.1) is 0 Å². The lowest BCUT2D eigenvalue weighted by Crippen LogP contribution is -2.15. The number of allylic oxidation sites excluding steroid dienone is 5. The average molecular weight is 417 g/mol. The summed E-state index contributed by atoms with van der Waals surface area (Å²) in [6.45, 7) is 13.8. The van der Waals surface area contributed by atoms with Gasteiger partial charge in [0.2, 0.25) is 0 Å². The van der Waals surface area contributed by atoms with Crippen LogP contribution in [0.5, 0.6) is 5.75 Å². The molecule has 5 heteroatoms. The van der Waals surface area contributed by atoms with Crippen LogP contribution in [0.1, 0.15) is 52.7 Å². The number of rotatable bonds is 11. The average Bonchev–Trinajstić information content (AvgIpc) is 2.67. The van der Waals surface area contributed by atoms with Crippen LogP contribution in [0.3, 0.4) is 0 Å². The summed E-state index contributed by atoms with van der Waals surface area (Å²) in [4.78, 5) is 11.5. The van der Waals surface area contributed by atoms with E-state index in [1.807, 2.05) is 37.3 Å². The van der Waals surface area contributed by atoms with Crippen LogP contribution in [0.2, 0.25) is 0 Å². The van der Waals surface area contributed by atoms with E-state index in [1.54, 1.807) is 14.0 Å². The maximum absolute atomic E-state index is 11.5. The van der Waals surface area contributed by atoms with Crippen LogP contribution in [0.25, 0.3) is 5.57 Å². The number of ether oxygens (including phenoxy) is 4. The zero-order chi connectivity index (χ0) is 22.6. The first kappa shape index (κ1) is 25.7. The van der Waals surface area contributed by atoms with Crippen LogP contribution in [-0.2, 0) is 24.4 Å². The molecule has 0 aromatic heterocycles. The van der Waals surface area contributed by atoms with Crippen molar-refractivity contribution in [1.29, 1.82) is 0 Å². The molecule has 1 rings (SSSR count). The third-order valence-corrected chi connectivity index (χ3v) is 4.31. The van der Waals surface area contributed by atoms with Crippen molar-refractivity contribution in [3.8, 4) is 5.75 Å². The molecule has 0 unspecified atom stereocenters. The van der Waals surface area contributed by atoms with Gasteiger partial charge in [-0.05, 0) is 55.0 Å². The van der Waals surface area contributed by atoms with Gasteiger partial charge in [0.25, 0.3) is 0 Å². The van der Waals surface area contributed by atoms with E-state index in [4.69, 9.17) is 18.9 Å². The molecule has 0 aliphatic heterocycles. The number of hydrogen-bond donors (Lipinski definition) is 0. The van der Waals surface area contributed by atoms with E-state index < -0.39 is 0 Å². The Kier molecular flexibility index (Phi) is 11.2. The summed E-state index contributed by atoms with van der Waals surface area (Å²) in [5.41, 5.74) is 4.11. The van der Waals surface area contributed by atoms with Crippen LogP contribution in [0.4, 0.5) is 0 Å². The van der Waals surface area contributed by atoms with Crippen molar-refractivity contribution in [2.75, 3.05) is 33.7 Å². The maximum Gasteiger partial charge on any atom is 0.330 e. The minimum absolute atomic E-state index is 0.0764. The molecule has 0 N–H and O–H groups in total. The summed E-state index contributed by atoms with van der Waals surface area (Å²) in [6.07, 6.45) is 7.34. The highest BCUT2D eigenvalue weighted by molar-refractivity contribution is 5.83. The fraction of sp³-hybridized carbons (Fsp3) is 0.480. The molecule has 1 aromatic rings. The van der Waals surface area contributed by atoms with Gasteiger partial charge in [0, 0.05) is 18.7 Å². The minimum atomic E-state index is -0.322. The second kappa shape index (κ2) is 13.0. The molecule has 0 saturated heterocycles. The molecule has 0 spiro atoms. The van der Waals surface area contributed by atoms with Crippen molar-refractivity contribution in [3.05, 3.63) is 59.2 Å². The second-order valence-corrected chi connectivity index (χ2v) is 7.97. The van der Waals surface area contributed by atoms with E-state index in [9.17, 15) is 4.79 Å². The van der Waals surface area contributed by atoms with Crippen molar-refractivity contribution in [1.82, 2.24) is 0 Å². The van der Waals surface area contributed by atoms with Crippen molar-refractivity contribution in [2.45, 2.75) is 47.0 Å². The Morgan fingerprint density at radius 3 is 2.50 bits per heavy atom. The molecule has 0 aliphatic carbocycles. The number of methoxy groups -OCH3 is 1. The zero-order valence-electron chi connectivity index (χ0n) is 19.4. The fourth-order valence-corrected chi connectivity index (χ4v) is 2.65.